The van der Waals surface area contributed by atoms with Crippen LogP contribution in [0.4, 0.5) is 0 Å². The van der Waals surface area contributed by atoms with E-state index in [0.717, 1.165) is 15.9 Å². The molecule has 4 aromatic carbocycles. The maximum Gasteiger partial charge on any atom is 0.258 e. The van der Waals surface area contributed by atoms with E-state index in [1.807, 2.05) is 54.6 Å². The fraction of sp³-hybridized carbons (Fsp3) is 0.0357. The van der Waals surface area contributed by atoms with E-state index in [1.165, 1.54) is 0 Å². The number of ether oxygens (including phenoxy) is 1. The highest BCUT2D eigenvalue weighted by atomic mass is 35.5. The number of amides is 1. The van der Waals surface area contributed by atoms with E-state index in [4.69, 9.17) is 27.9 Å². The summed E-state index contributed by atoms with van der Waals surface area (Å²) in [6, 6.07) is 37.1. The Morgan fingerprint density at radius 3 is 1.43 bits per heavy atom. The number of hydrogen-bond acceptors (Lipinski definition) is 2. The molecule has 0 bridgehead atoms. The van der Waals surface area contributed by atoms with Crippen molar-refractivity contribution in [2.24, 2.45) is 0 Å². The van der Waals surface area contributed by atoms with Crippen LogP contribution < -0.4 is 38.4 Å². The van der Waals surface area contributed by atoms with E-state index < -0.39 is 7.26 Å². The molecule has 35 heavy (non-hydrogen) atoms. The number of nitrogens with one attached hydrogen (secondary N) is 1. The molecule has 0 heterocycles. The second-order valence-electron chi connectivity index (χ2n) is 7.47. The minimum absolute atomic E-state index is 0. The van der Waals surface area contributed by atoms with E-state index in [9.17, 15) is 4.79 Å². The highest BCUT2D eigenvalue weighted by molar-refractivity contribution is 7.99. The monoisotopic (exact) mass is 541 g/mol. The minimum Gasteiger partial charge on any atom is -1.00 e. The highest BCUT2D eigenvalue weighted by Crippen LogP contribution is 2.63. The first-order valence-electron chi connectivity index (χ1n) is 10.6. The molecule has 0 aliphatic rings. The fourth-order valence-corrected chi connectivity index (χ4v) is 8.87. The second-order valence-corrected chi connectivity index (χ2v) is 11.8. The predicted molar refractivity (Wildman–Crippen MR) is 144 cm³/mol. The van der Waals surface area contributed by atoms with Gasteiger partial charge in [-0.2, -0.15) is 0 Å². The van der Waals surface area contributed by atoms with Crippen LogP contribution in [0.1, 0.15) is 10.4 Å². The van der Waals surface area contributed by atoms with Gasteiger partial charge >= 0.3 is 0 Å². The van der Waals surface area contributed by atoms with Crippen LogP contribution in [0.3, 0.4) is 0 Å². The standard InChI is InChI=1S/C28H22Cl2NO2P.ClH/c1-33-22-19-17-21(18-20-22)27(32)31-28(26(29)30)34(23-11-5-2-6-12-23,24-13-7-3-8-14-24)25-15-9-4-10-16-25;/h2-20H,1H3;1H. The molecule has 0 saturated heterocycles. The first-order valence-corrected chi connectivity index (χ1v) is 13.2. The number of benzene rings is 4. The van der Waals surface area contributed by atoms with Crippen molar-refractivity contribution in [3.8, 4) is 5.75 Å². The lowest BCUT2D eigenvalue weighted by Gasteiger charge is -2.29. The summed E-state index contributed by atoms with van der Waals surface area (Å²) in [4.78, 5) is 13.4. The molecule has 0 fully saturated rings. The van der Waals surface area contributed by atoms with Crippen LogP contribution in [0, 0.1) is 0 Å². The van der Waals surface area contributed by atoms with Crippen molar-refractivity contribution >= 4 is 52.3 Å². The lowest BCUT2D eigenvalue weighted by atomic mass is 10.2. The topological polar surface area (TPSA) is 38.3 Å². The molecule has 0 unspecified atom stereocenters. The van der Waals surface area contributed by atoms with Gasteiger partial charge in [0.05, 0.1) is 7.11 Å². The minimum atomic E-state index is -2.65. The summed E-state index contributed by atoms with van der Waals surface area (Å²) >= 11 is 13.2. The van der Waals surface area contributed by atoms with Crippen LogP contribution >= 0.6 is 30.5 Å². The molecule has 0 aromatic heterocycles. The SMILES string of the molecule is COc1ccc(C(=O)NC(=C(Cl)Cl)[P+](c2ccccc2)(c2ccccc2)c2ccccc2)cc1.[Cl-]. The summed E-state index contributed by atoms with van der Waals surface area (Å²) in [5.74, 6) is 0.367. The molecular formula is C28H23Cl3NO2P. The van der Waals surface area contributed by atoms with E-state index in [-0.39, 0.29) is 22.8 Å². The third-order valence-electron chi connectivity index (χ3n) is 5.53. The van der Waals surface area contributed by atoms with E-state index >= 15 is 0 Å². The Hall–Kier alpha value is -2.81. The molecule has 7 heteroatoms. The molecule has 1 N–H and O–H groups in total. The fourth-order valence-electron chi connectivity index (χ4n) is 3.97. The van der Waals surface area contributed by atoms with Gasteiger partial charge < -0.3 is 17.1 Å². The Bertz CT molecular complexity index is 1180. The zero-order valence-electron chi connectivity index (χ0n) is 18.9. The number of hydrogen-bond donors (Lipinski definition) is 1. The lowest BCUT2D eigenvalue weighted by molar-refractivity contribution is -0.0000150. The van der Waals surface area contributed by atoms with Gasteiger partial charge in [0.25, 0.3) is 5.91 Å². The van der Waals surface area contributed by atoms with Crippen LogP contribution in [-0.4, -0.2) is 13.0 Å². The Morgan fingerprint density at radius 1 is 0.686 bits per heavy atom. The molecular weight excluding hydrogens is 520 g/mol. The van der Waals surface area contributed by atoms with Gasteiger partial charge in [-0.05, 0) is 60.7 Å². The molecule has 0 atom stereocenters. The Labute approximate surface area is 222 Å². The van der Waals surface area contributed by atoms with Crippen LogP contribution in [-0.2, 0) is 0 Å². The number of carbonyl (C=O) groups excluding carboxylic acids is 1. The first-order chi connectivity index (χ1) is 16.6. The highest BCUT2D eigenvalue weighted by Gasteiger charge is 2.52. The molecule has 3 nitrogen and oxygen atoms in total. The molecule has 4 aromatic rings. The molecule has 0 saturated carbocycles. The second kappa shape index (κ2) is 12.2. The van der Waals surface area contributed by atoms with Crippen molar-refractivity contribution in [3.05, 3.63) is 131 Å². The molecule has 0 radical (unpaired) electrons. The van der Waals surface area contributed by atoms with Crippen LogP contribution in [0.25, 0.3) is 0 Å². The van der Waals surface area contributed by atoms with Crippen LogP contribution in [0.2, 0.25) is 0 Å². The van der Waals surface area contributed by atoms with Gasteiger partial charge in [-0.25, -0.2) is 0 Å². The van der Waals surface area contributed by atoms with Crippen molar-refractivity contribution in [2.75, 3.05) is 7.11 Å². The van der Waals surface area contributed by atoms with E-state index in [1.54, 1.807) is 31.4 Å². The van der Waals surface area contributed by atoms with Gasteiger partial charge in [0, 0.05) is 5.56 Å². The lowest BCUT2D eigenvalue weighted by Crippen LogP contribution is -3.00. The van der Waals surface area contributed by atoms with Gasteiger partial charge in [0.2, 0.25) is 5.44 Å². The summed E-state index contributed by atoms with van der Waals surface area (Å²) in [7, 11) is -1.07. The summed E-state index contributed by atoms with van der Waals surface area (Å²) in [5.41, 5.74) is 0.959. The average Bonchev–Trinajstić information content (AvgIpc) is 2.90. The van der Waals surface area contributed by atoms with Crippen molar-refractivity contribution in [1.29, 1.82) is 0 Å². The summed E-state index contributed by atoms with van der Waals surface area (Å²) in [5, 5.41) is 6.16. The Kier molecular flexibility index (Phi) is 9.37. The molecule has 0 aliphatic carbocycles. The van der Waals surface area contributed by atoms with Crippen LogP contribution in [0.5, 0.6) is 5.75 Å². The number of rotatable bonds is 7. The summed E-state index contributed by atoms with van der Waals surface area (Å²) < 4.78 is 5.24. The van der Waals surface area contributed by atoms with Crippen molar-refractivity contribution in [1.82, 2.24) is 5.32 Å². The van der Waals surface area contributed by atoms with Gasteiger partial charge in [0.1, 0.15) is 21.7 Å². The quantitative estimate of drug-likeness (QED) is 0.365. The van der Waals surface area contributed by atoms with Crippen molar-refractivity contribution in [3.63, 3.8) is 0 Å². The zero-order valence-corrected chi connectivity index (χ0v) is 22.0. The van der Waals surface area contributed by atoms with Gasteiger partial charge in [-0.3, -0.25) is 10.1 Å². The molecule has 178 valence electrons. The van der Waals surface area contributed by atoms with Crippen LogP contribution in [0.15, 0.2) is 125 Å². The number of halogens is 3. The third-order valence-corrected chi connectivity index (χ3v) is 10.4. The van der Waals surface area contributed by atoms with Gasteiger partial charge in [-0.15, -0.1) is 0 Å². The van der Waals surface area contributed by atoms with Gasteiger partial charge in [0.15, 0.2) is 11.8 Å². The smallest absolute Gasteiger partial charge is 0.258 e. The Morgan fingerprint density at radius 2 is 1.09 bits per heavy atom. The number of carbonyl (C=O) groups is 1. The largest absolute Gasteiger partial charge is 1.00 e. The van der Waals surface area contributed by atoms with Gasteiger partial charge in [-0.1, -0.05) is 77.8 Å². The zero-order chi connectivity index (χ0) is 24.0. The predicted octanol–water partition coefficient (Wildman–Crippen LogP) is 3.03. The number of methoxy groups -OCH3 is 1. The molecule has 4 rings (SSSR count). The molecule has 0 aliphatic heterocycles. The summed E-state index contributed by atoms with van der Waals surface area (Å²) in [6.07, 6.45) is 0. The van der Waals surface area contributed by atoms with Crippen molar-refractivity contribution < 1.29 is 21.9 Å². The first kappa shape index (κ1) is 26.8. The third kappa shape index (κ3) is 5.55. The van der Waals surface area contributed by atoms with E-state index in [2.05, 4.69) is 41.7 Å². The maximum atomic E-state index is 13.4. The van der Waals surface area contributed by atoms with E-state index in [0.29, 0.717) is 16.8 Å². The summed E-state index contributed by atoms with van der Waals surface area (Å²) in [6.45, 7) is 0. The maximum absolute atomic E-state index is 13.4. The molecule has 1 amide bonds. The Balaban J connectivity index is 0.00000342. The molecule has 0 spiro atoms. The van der Waals surface area contributed by atoms with Crippen molar-refractivity contribution in [2.45, 2.75) is 0 Å². The average molecular weight is 543 g/mol. The normalized spacial score (nSPS) is 10.6.